The zero-order valence-electron chi connectivity index (χ0n) is 16.8. The normalized spacial score (nSPS) is 17.3. The predicted molar refractivity (Wildman–Crippen MR) is 111 cm³/mol. The van der Waals surface area contributed by atoms with Crippen molar-refractivity contribution >= 4 is 28.3 Å². The Morgan fingerprint density at radius 2 is 1.67 bits per heavy atom. The number of carbonyl (C=O) groups is 1. The van der Waals surface area contributed by atoms with Crippen LogP contribution >= 0.6 is 12.4 Å². The molecule has 1 fully saturated rings. The Hall–Kier alpha value is -1.15. The van der Waals surface area contributed by atoms with Crippen molar-refractivity contribution in [2.75, 3.05) is 19.6 Å². The number of halogens is 1. The molecule has 1 heterocycles. The summed E-state index contributed by atoms with van der Waals surface area (Å²) < 4.78 is 28.0. The van der Waals surface area contributed by atoms with Crippen LogP contribution in [-0.2, 0) is 14.8 Å². The third kappa shape index (κ3) is 5.02. The quantitative estimate of drug-likeness (QED) is 0.768. The first kappa shape index (κ1) is 23.9. The van der Waals surface area contributed by atoms with E-state index in [1.807, 2.05) is 40.7 Å². The van der Waals surface area contributed by atoms with Gasteiger partial charge in [0, 0.05) is 31.6 Å². The minimum atomic E-state index is -3.56. The molecule has 1 saturated heterocycles. The molecule has 1 aliphatic heterocycles. The highest BCUT2D eigenvalue weighted by molar-refractivity contribution is 7.89. The van der Waals surface area contributed by atoms with E-state index >= 15 is 0 Å². The van der Waals surface area contributed by atoms with Gasteiger partial charge in [0.1, 0.15) is 0 Å². The van der Waals surface area contributed by atoms with Crippen molar-refractivity contribution < 1.29 is 13.2 Å². The van der Waals surface area contributed by atoms with Gasteiger partial charge < -0.3 is 11.1 Å². The number of nitrogens with two attached hydrogens (primary N) is 1. The number of hydrogen-bond donors (Lipinski definition) is 2. The highest BCUT2D eigenvalue weighted by Gasteiger charge is 2.34. The van der Waals surface area contributed by atoms with E-state index in [0.717, 1.165) is 22.3 Å². The molecule has 1 aromatic rings. The average Bonchev–Trinajstić information content (AvgIpc) is 2.60. The molecule has 0 bridgehead atoms. The molecule has 154 valence electrons. The number of piperidine rings is 1. The van der Waals surface area contributed by atoms with Crippen molar-refractivity contribution in [3.63, 3.8) is 0 Å². The third-order valence-electron chi connectivity index (χ3n) is 5.46. The first-order chi connectivity index (χ1) is 12.1. The SMILES string of the molecule is Cc1cc(C)c(C)c(S(=O)(=O)N2CCC(C(=O)N[C@@H](C)CN)CC2)c1C.Cl. The largest absolute Gasteiger partial charge is 0.352 e. The molecule has 6 nitrogen and oxygen atoms in total. The number of carbonyl (C=O) groups excluding carboxylic acids is 1. The van der Waals surface area contributed by atoms with Crippen LogP contribution < -0.4 is 11.1 Å². The second-order valence-corrected chi connectivity index (χ2v) is 9.29. The third-order valence-corrected chi connectivity index (χ3v) is 7.64. The Balaban J connectivity index is 0.00000364. The molecule has 1 aromatic carbocycles. The van der Waals surface area contributed by atoms with Crippen molar-refractivity contribution in [3.8, 4) is 0 Å². The van der Waals surface area contributed by atoms with Crippen molar-refractivity contribution in [1.29, 1.82) is 0 Å². The predicted octanol–water partition coefficient (Wildman–Crippen LogP) is 2.21. The van der Waals surface area contributed by atoms with E-state index in [4.69, 9.17) is 5.73 Å². The van der Waals surface area contributed by atoms with Gasteiger partial charge in [-0.05, 0) is 69.7 Å². The van der Waals surface area contributed by atoms with Crippen molar-refractivity contribution in [3.05, 3.63) is 28.3 Å². The lowest BCUT2D eigenvalue weighted by atomic mass is 9.97. The highest BCUT2D eigenvalue weighted by Crippen LogP contribution is 2.31. The van der Waals surface area contributed by atoms with Gasteiger partial charge in [-0.3, -0.25) is 4.79 Å². The van der Waals surface area contributed by atoms with Gasteiger partial charge >= 0.3 is 0 Å². The molecule has 1 aliphatic rings. The van der Waals surface area contributed by atoms with E-state index in [2.05, 4.69) is 5.32 Å². The maximum atomic E-state index is 13.2. The summed E-state index contributed by atoms with van der Waals surface area (Å²) in [5, 5.41) is 2.89. The molecule has 8 heteroatoms. The summed E-state index contributed by atoms with van der Waals surface area (Å²) >= 11 is 0. The number of aryl methyl sites for hydroxylation is 2. The van der Waals surface area contributed by atoms with Crippen molar-refractivity contribution in [1.82, 2.24) is 9.62 Å². The fourth-order valence-corrected chi connectivity index (χ4v) is 5.52. The summed E-state index contributed by atoms with van der Waals surface area (Å²) in [6.07, 6.45) is 1.07. The van der Waals surface area contributed by atoms with E-state index in [1.54, 1.807) is 0 Å². The lowest BCUT2D eigenvalue weighted by Crippen LogP contribution is -2.46. The van der Waals surface area contributed by atoms with Gasteiger partial charge in [0.15, 0.2) is 0 Å². The van der Waals surface area contributed by atoms with Crippen LogP contribution in [0.3, 0.4) is 0 Å². The van der Waals surface area contributed by atoms with Gasteiger partial charge in [0.05, 0.1) is 4.90 Å². The van der Waals surface area contributed by atoms with Gasteiger partial charge in [0.2, 0.25) is 15.9 Å². The second kappa shape index (κ2) is 9.37. The lowest BCUT2D eigenvalue weighted by Gasteiger charge is -2.32. The van der Waals surface area contributed by atoms with E-state index in [-0.39, 0.29) is 30.3 Å². The number of nitrogens with zero attached hydrogens (tertiary/aromatic N) is 1. The molecular weight excluding hydrogens is 386 g/mol. The van der Waals surface area contributed by atoms with E-state index < -0.39 is 10.0 Å². The summed E-state index contributed by atoms with van der Waals surface area (Å²) in [5.41, 5.74) is 9.13. The van der Waals surface area contributed by atoms with E-state index in [0.29, 0.717) is 37.4 Å². The minimum absolute atomic E-state index is 0. The van der Waals surface area contributed by atoms with Crippen LogP contribution in [0.1, 0.15) is 42.0 Å². The lowest BCUT2D eigenvalue weighted by molar-refractivity contribution is -0.126. The molecule has 0 aromatic heterocycles. The molecule has 27 heavy (non-hydrogen) atoms. The zero-order valence-corrected chi connectivity index (χ0v) is 18.5. The van der Waals surface area contributed by atoms with Crippen LogP contribution in [0.25, 0.3) is 0 Å². The van der Waals surface area contributed by atoms with Gasteiger partial charge in [-0.25, -0.2) is 8.42 Å². The number of rotatable bonds is 5. The number of nitrogens with one attached hydrogen (secondary N) is 1. The summed E-state index contributed by atoms with van der Waals surface area (Å²) in [5.74, 6) is -0.185. The van der Waals surface area contributed by atoms with E-state index in [9.17, 15) is 13.2 Å². The average molecular weight is 418 g/mol. The first-order valence-electron chi connectivity index (χ1n) is 9.17. The topological polar surface area (TPSA) is 92.5 Å². The number of hydrogen-bond acceptors (Lipinski definition) is 4. The molecular formula is C19H32ClN3O3S. The van der Waals surface area contributed by atoms with Crippen LogP contribution in [0.5, 0.6) is 0 Å². The maximum absolute atomic E-state index is 13.2. The van der Waals surface area contributed by atoms with Crippen LogP contribution in [0.2, 0.25) is 0 Å². The van der Waals surface area contributed by atoms with Crippen LogP contribution in [0.4, 0.5) is 0 Å². The second-order valence-electron chi connectivity index (χ2n) is 7.41. The van der Waals surface area contributed by atoms with Crippen molar-refractivity contribution in [2.24, 2.45) is 11.7 Å². The fraction of sp³-hybridized carbons (Fsp3) is 0.632. The highest BCUT2D eigenvalue weighted by atomic mass is 35.5. The number of benzene rings is 1. The van der Waals surface area contributed by atoms with Crippen LogP contribution in [0, 0.1) is 33.6 Å². The number of sulfonamides is 1. The Labute approximate surface area is 169 Å². The molecule has 3 N–H and O–H groups in total. The van der Waals surface area contributed by atoms with Crippen molar-refractivity contribution in [2.45, 2.75) is 58.4 Å². The molecule has 2 rings (SSSR count). The maximum Gasteiger partial charge on any atom is 0.243 e. The summed E-state index contributed by atoms with van der Waals surface area (Å²) in [4.78, 5) is 12.7. The molecule has 1 amide bonds. The molecule has 0 spiro atoms. The monoisotopic (exact) mass is 417 g/mol. The minimum Gasteiger partial charge on any atom is -0.352 e. The Morgan fingerprint density at radius 3 is 2.11 bits per heavy atom. The molecule has 0 saturated carbocycles. The van der Waals surface area contributed by atoms with Gasteiger partial charge in [-0.15, -0.1) is 12.4 Å². The molecule has 1 atom stereocenters. The Bertz CT molecular complexity index is 762. The summed E-state index contributed by atoms with van der Waals surface area (Å²) in [6.45, 7) is 10.6. The van der Waals surface area contributed by atoms with Crippen LogP contribution in [-0.4, -0.2) is 44.3 Å². The first-order valence-corrected chi connectivity index (χ1v) is 10.6. The number of amides is 1. The zero-order chi connectivity index (χ0) is 19.6. The Kier molecular flexibility index (Phi) is 8.29. The smallest absolute Gasteiger partial charge is 0.243 e. The summed E-state index contributed by atoms with van der Waals surface area (Å²) in [7, 11) is -3.56. The Morgan fingerprint density at radius 1 is 1.19 bits per heavy atom. The van der Waals surface area contributed by atoms with Crippen LogP contribution in [0.15, 0.2) is 11.0 Å². The van der Waals surface area contributed by atoms with Gasteiger partial charge in [-0.2, -0.15) is 4.31 Å². The fourth-order valence-electron chi connectivity index (χ4n) is 3.47. The standard InChI is InChI=1S/C19H31N3O3S.ClH/c1-12-10-13(2)16(5)18(15(12)4)26(24,25)22-8-6-17(7-9-22)19(23)21-14(3)11-20;/h10,14,17H,6-9,11,20H2,1-5H3,(H,21,23);1H/t14-;/m0./s1. The van der Waals surface area contributed by atoms with E-state index in [1.165, 1.54) is 4.31 Å². The summed E-state index contributed by atoms with van der Waals surface area (Å²) in [6, 6.07) is 1.96. The van der Waals surface area contributed by atoms with Gasteiger partial charge in [-0.1, -0.05) is 6.07 Å². The molecule has 0 radical (unpaired) electrons. The molecule has 0 aliphatic carbocycles. The molecule has 0 unspecified atom stereocenters. The van der Waals surface area contributed by atoms with Gasteiger partial charge in [0.25, 0.3) is 0 Å².